The molecule has 0 bridgehead atoms. The first-order valence-electron chi connectivity index (χ1n) is 6.87. The van der Waals surface area contributed by atoms with Crippen molar-refractivity contribution in [2.75, 3.05) is 12.4 Å². The molecule has 1 atom stereocenters. The van der Waals surface area contributed by atoms with Crippen molar-refractivity contribution in [2.24, 2.45) is 5.41 Å². The summed E-state index contributed by atoms with van der Waals surface area (Å²) in [6.07, 6.45) is 0.733. The highest BCUT2D eigenvalue weighted by Gasteiger charge is 2.19. The van der Waals surface area contributed by atoms with E-state index in [2.05, 4.69) is 32.2 Å². The number of aliphatic hydroxyl groups excluding tert-OH is 1. The van der Waals surface area contributed by atoms with E-state index in [4.69, 9.17) is 5.26 Å². The number of rotatable bonds is 6. The molecule has 0 spiro atoms. The lowest BCUT2D eigenvalue weighted by molar-refractivity contribution is -0.119. The van der Waals surface area contributed by atoms with Gasteiger partial charge in [0.05, 0.1) is 30.0 Å². The maximum atomic E-state index is 11.9. The van der Waals surface area contributed by atoms with E-state index in [-0.39, 0.29) is 24.0 Å². The highest BCUT2D eigenvalue weighted by Crippen LogP contribution is 2.21. The summed E-state index contributed by atoms with van der Waals surface area (Å²) in [5.41, 5.74) is 0.662. The van der Waals surface area contributed by atoms with E-state index in [1.165, 1.54) is 11.8 Å². The zero-order chi connectivity index (χ0) is 15.9. The third-order valence-electron chi connectivity index (χ3n) is 2.80. The summed E-state index contributed by atoms with van der Waals surface area (Å²) >= 11 is 1.42. The van der Waals surface area contributed by atoms with Crippen LogP contribution in [-0.2, 0) is 4.79 Å². The highest BCUT2D eigenvalue weighted by atomic mass is 32.2. The zero-order valence-corrected chi connectivity index (χ0v) is 13.5. The molecule has 1 rings (SSSR count). The Morgan fingerprint density at radius 1 is 1.38 bits per heavy atom. The summed E-state index contributed by atoms with van der Waals surface area (Å²) < 4.78 is 0. The van der Waals surface area contributed by atoms with Crippen molar-refractivity contribution in [3.8, 4) is 6.07 Å². The minimum absolute atomic E-state index is 0.0510. The van der Waals surface area contributed by atoms with Gasteiger partial charge in [-0.3, -0.25) is 4.79 Å². The van der Waals surface area contributed by atoms with Gasteiger partial charge in [0.15, 0.2) is 0 Å². The predicted molar refractivity (Wildman–Crippen MR) is 85.0 cm³/mol. The first kappa shape index (κ1) is 17.5. The van der Waals surface area contributed by atoms with Gasteiger partial charge in [0.1, 0.15) is 0 Å². The Hall–Kier alpha value is -1.51. The van der Waals surface area contributed by atoms with Crippen molar-refractivity contribution < 1.29 is 9.90 Å². The molecule has 0 fully saturated rings. The largest absolute Gasteiger partial charge is 0.394 e. The smallest absolute Gasteiger partial charge is 0.230 e. The number of nitrogens with zero attached hydrogens (tertiary/aromatic N) is 1. The Morgan fingerprint density at radius 2 is 2.00 bits per heavy atom. The molecule has 1 unspecified atom stereocenters. The van der Waals surface area contributed by atoms with E-state index < -0.39 is 0 Å². The molecule has 0 aliphatic carbocycles. The number of hydrogen-bond donors (Lipinski definition) is 2. The van der Waals surface area contributed by atoms with Crippen molar-refractivity contribution in [3.63, 3.8) is 0 Å². The monoisotopic (exact) mass is 306 g/mol. The normalized spacial score (nSPS) is 12.5. The van der Waals surface area contributed by atoms with E-state index in [0.717, 1.165) is 11.3 Å². The summed E-state index contributed by atoms with van der Waals surface area (Å²) in [6, 6.07) is 8.97. The summed E-state index contributed by atoms with van der Waals surface area (Å²) in [5, 5.41) is 20.9. The van der Waals surface area contributed by atoms with Gasteiger partial charge >= 0.3 is 0 Å². The molecule has 0 aliphatic rings. The van der Waals surface area contributed by atoms with Crippen molar-refractivity contribution in [1.29, 1.82) is 5.26 Å². The van der Waals surface area contributed by atoms with Gasteiger partial charge in [-0.1, -0.05) is 20.8 Å². The SMILES string of the molecule is CC(C)(C)CC(CO)NC(=O)CSc1ccc(C#N)cc1. The van der Waals surface area contributed by atoms with Gasteiger partial charge in [0, 0.05) is 4.90 Å². The third kappa shape index (κ3) is 7.16. The van der Waals surface area contributed by atoms with Crippen LogP contribution in [0.15, 0.2) is 29.2 Å². The topological polar surface area (TPSA) is 73.1 Å². The van der Waals surface area contributed by atoms with E-state index in [0.29, 0.717) is 11.3 Å². The van der Waals surface area contributed by atoms with Crippen molar-refractivity contribution in [3.05, 3.63) is 29.8 Å². The summed E-state index contributed by atoms with van der Waals surface area (Å²) in [5.74, 6) is 0.208. The number of benzene rings is 1. The molecule has 2 N–H and O–H groups in total. The quantitative estimate of drug-likeness (QED) is 0.792. The third-order valence-corrected chi connectivity index (χ3v) is 3.81. The molecule has 0 heterocycles. The van der Waals surface area contributed by atoms with Crippen LogP contribution >= 0.6 is 11.8 Å². The maximum Gasteiger partial charge on any atom is 0.230 e. The van der Waals surface area contributed by atoms with Gasteiger partial charge in [-0.2, -0.15) is 5.26 Å². The lowest BCUT2D eigenvalue weighted by atomic mass is 9.88. The van der Waals surface area contributed by atoms with Crippen LogP contribution in [0.2, 0.25) is 0 Å². The number of nitrogens with one attached hydrogen (secondary N) is 1. The highest BCUT2D eigenvalue weighted by molar-refractivity contribution is 8.00. The molecule has 0 saturated heterocycles. The molecule has 1 aromatic carbocycles. The maximum absolute atomic E-state index is 11.9. The number of amides is 1. The lowest BCUT2D eigenvalue weighted by Gasteiger charge is -2.25. The molecule has 4 nitrogen and oxygen atoms in total. The Labute approximate surface area is 130 Å². The number of hydrogen-bond acceptors (Lipinski definition) is 4. The number of carbonyl (C=O) groups excluding carboxylic acids is 1. The summed E-state index contributed by atoms with van der Waals surface area (Å²) in [7, 11) is 0. The first-order valence-corrected chi connectivity index (χ1v) is 7.86. The first-order chi connectivity index (χ1) is 9.84. The Kier molecular flexibility index (Phi) is 6.73. The average molecular weight is 306 g/mol. The number of carbonyl (C=O) groups is 1. The van der Waals surface area contributed by atoms with Crippen LogP contribution < -0.4 is 5.32 Å². The van der Waals surface area contributed by atoms with Crippen LogP contribution in [-0.4, -0.2) is 29.4 Å². The second kappa shape index (κ2) is 8.06. The van der Waals surface area contributed by atoms with E-state index >= 15 is 0 Å². The van der Waals surface area contributed by atoms with Crippen LogP contribution in [0.5, 0.6) is 0 Å². The molecule has 21 heavy (non-hydrogen) atoms. The Morgan fingerprint density at radius 3 is 2.48 bits per heavy atom. The van der Waals surface area contributed by atoms with Crippen LogP contribution in [0.1, 0.15) is 32.8 Å². The van der Waals surface area contributed by atoms with Crippen LogP contribution in [0.3, 0.4) is 0 Å². The molecule has 0 aromatic heterocycles. The Balaban J connectivity index is 2.44. The standard InChI is InChI=1S/C16H22N2O2S/c1-16(2,3)8-13(10-19)18-15(20)11-21-14-6-4-12(9-17)5-7-14/h4-7,13,19H,8,10-11H2,1-3H3,(H,18,20). The minimum Gasteiger partial charge on any atom is -0.394 e. The summed E-state index contributed by atoms with van der Waals surface area (Å²) in [4.78, 5) is 12.8. The Bertz CT molecular complexity index is 500. The number of nitriles is 1. The van der Waals surface area contributed by atoms with Gasteiger partial charge < -0.3 is 10.4 Å². The molecule has 0 aliphatic heterocycles. The fourth-order valence-corrected chi connectivity index (χ4v) is 2.65. The van der Waals surface area contributed by atoms with Crippen molar-refractivity contribution in [1.82, 2.24) is 5.32 Å². The minimum atomic E-state index is -0.209. The zero-order valence-electron chi connectivity index (χ0n) is 12.7. The van der Waals surface area contributed by atoms with Gasteiger partial charge in [-0.25, -0.2) is 0 Å². The van der Waals surface area contributed by atoms with Crippen molar-refractivity contribution >= 4 is 17.7 Å². The van der Waals surface area contributed by atoms with E-state index in [9.17, 15) is 9.90 Å². The van der Waals surface area contributed by atoms with Gasteiger partial charge in [0.25, 0.3) is 0 Å². The van der Waals surface area contributed by atoms with Gasteiger partial charge in [0.2, 0.25) is 5.91 Å². The molecule has 1 amide bonds. The second-order valence-corrected chi connectivity index (χ2v) is 7.19. The second-order valence-electron chi connectivity index (χ2n) is 6.14. The van der Waals surface area contributed by atoms with Crippen LogP contribution in [0.4, 0.5) is 0 Å². The molecule has 5 heteroatoms. The average Bonchev–Trinajstić information content (AvgIpc) is 2.43. The van der Waals surface area contributed by atoms with Gasteiger partial charge in [-0.15, -0.1) is 11.8 Å². The predicted octanol–water partition coefficient (Wildman–Crippen LogP) is 2.56. The van der Waals surface area contributed by atoms with Crippen LogP contribution in [0.25, 0.3) is 0 Å². The van der Waals surface area contributed by atoms with E-state index in [1.54, 1.807) is 12.1 Å². The molecular weight excluding hydrogens is 284 g/mol. The molecule has 1 aromatic rings. The number of thioether (sulfide) groups is 1. The molecule has 114 valence electrons. The molecule has 0 radical (unpaired) electrons. The fraction of sp³-hybridized carbons (Fsp3) is 0.500. The molecular formula is C16H22N2O2S. The molecule has 0 saturated carbocycles. The van der Waals surface area contributed by atoms with Gasteiger partial charge in [-0.05, 0) is 36.1 Å². The lowest BCUT2D eigenvalue weighted by Crippen LogP contribution is -2.40. The van der Waals surface area contributed by atoms with Crippen molar-refractivity contribution in [2.45, 2.75) is 38.1 Å². The van der Waals surface area contributed by atoms with E-state index in [1.807, 2.05) is 12.1 Å². The number of aliphatic hydroxyl groups is 1. The summed E-state index contributed by atoms with van der Waals surface area (Å²) in [6.45, 7) is 6.18. The van der Waals surface area contributed by atoms with Crippen LogP contribution in [0, 0.1) is 16.7 Å². The fourth-order valence-electron chi connectivity index (χ4n) is 1.94.